The Morgan fingerprint density at radius 1 is 1.09 bits per heavy atom. The number of hydrogen-bond acceptors (Lipinski definition) is 9. The van der Waals surface area contributed by atoms with Crippen LogP contribution in [0.5, 0.6) is 11.5 Å². The number of carbonyl (C=O) groups is 1. The van der Waals surface area contributed by atoms with Gasteiger partial charge < -0.3 is 30.3 Å². The summed E-state index contributed by atoms with van der Waals surface area (Å²) in [6.07, 6.45) is 5.73. The van der Waals surface area contributed by atoms with Crippen LogP contribution in [0.25, 0.3) is 0 Å². The Hall–Kier alpha value is -3.93. The van der Waals surface area contributed by atoms with Gasteiger partial charge in [0.25, 0.3) is 0 Å². The molecule has 2 aliphatic rings. The van der Waals surface area contributed by atoms with Gasteiger partial charge >= 0.3 is 6.03 Å². The van der Waals surface area contributed by atoms with E-state index in [-0.39, 0.29) is 15.7 Å². The third-order valence-corrected chi connectivity index (χ3v) is 8.93. The lowest BCUT2D eigenvalue weighted by Gasteiger charge is -2.43. The van der Waals surface area contributed by atoms with Crippen molar-refractivity contribution in [3.8, 4) is 11.5 Å². The Morgan fingerprint density at radius 3 is 2.45 bits per heavy atom. The first-order chi connectivity index (χ1) is 21.2. The number of hydrogen-bond donors (Lipinski definition) is 3. The van der Waals surface area contributed by atoms with Crippen molar-refractivity contribution in [2.75, 3.05) is 79.7 Å². The molecule has 1 aromatic heterocycles. The maximum atomic E-state index is 13.2. The summed E-state index contributed by atoms with van der Waals surface area (Å²) in [5, 5.41) is 9.86. The Labute approximate surface area is 268 Å². The van der Waals surface area contributed by atoms with Crippen LogP contribution < -0.4 is 35.2 Å². The molecule has 1 saturated heterocycles. The summed E-state index contributed by atoms with van der Waals surface area (Å²) in [6, 6.07) is 9.06. The topological polar surface area (TPSA) is 107 Å². The number of nitrogens with one attached hydrogen (secondary N) is 3. The number of methoxy groups -OCH3 is 2. The number of carbonyl (C=O) groups excluding carboxylic acids is 1. The summed E-state index contributed by atoms with van der Waals surface area (Å²) in [7, 11) is 4.51. The number of anilines is 6. The molecule has 2 aromatic carbocycles. The highest BCUT2D eigenvalue weighted by molar-refractivity contribution is 6.41. The maximum absolute atomic E-state index is 13.2. The summed E-state index contributed by atoms with van der Waals surface area (Å²) >= 11 is 12.9. The lowest BCUT2D eigenvalue weighted by Crippen LogP contribution is -2.54. The van der Waals surface area contributed by atoms with Gasteiger partial charge in [-0.3, -0.25) is 9.80 Å². The first-order valence-electron chi connectivity index (χ1n) is 14.5. The zero-order chi connectivity index (χ0) is 31.4. The number of halogens is 2. The van der Waals surface area contributed by atoms with Gasteiger partial charge in [0.1, 0.15) is 39.5 Å². The second kappa shape index (κ2) is 13.4. The third kappa shape index (κ3) is 6.45. The molecular formula is C31H38Cl2N8O3. The number of piperazine rings is 1. The molecule has 1 saturated carbocycles. The monoisotopic (exact) mass is 640 g/mol. The zero-order valence-corrected chi connectivity index (χ0v) is 26.9. The Kier molecular flexibility index (Phi) is 9.57. The fraction of sp³-hybridized carbons (Fsp3) is 0.387. The molecule has 2 fully saturated rings. The minimum atomic E-state index is -0.525. The normalized spacial score (nSPS) is 15.5. The minimum absolute atomic E-state index is 0.146. The van der Waals surface area contributed by atoms with Crippen LogP contribution in [0.1, 0.15) is 19.8 Å². The smallest absolute Gasteiger partial charge is 0.327 e. The molecule has 0 radical (unpaired) electrons. The molecule has 1 spiro atoms. The van der Waals surface area contributed by atoms with Crippen LogP contribution in [0, 0.1) is 0 Å². The highest BCUT2D eigenvalue weighted by atomic mass is 35.5. The highest BCUT2D eigenvalue weighted by Crippen LogP contribution is 2.46. The number of nitrogens with zero attached hydrogens (tertiary/aromatic N) is 5. The van der Waals surface area contributed by atoms with Gasteiger partial charge in [-0.25, -0.2) is 14.8 Å². The predicted octanol–water partition coefficient (Wildman–Crippen LogP) is 6.48. The van der Waals surface area contributed by atoms with E-state index in [2.05, 4.69) is 61.4 Å². The molecular weight excluding hydrogens is 603 g/mol. The number of ether oxygens (including phenoxy) is 2. The second-order valence-corrected chi connectivity index (χ2v) is 11.5. The van der Waals surface area contributed by atoms with Crippen LogP contribution in [0.4, 0.5) is 39.2 Å². The van der Waals surface area contributed by atoms with E-state index in [1.165, 1.54) is 44.0 Å². The van der Waals surface area contributed by atoms with E-state index in [0.717, 1.165) is 37.6 Å². The Balaban J connectivity index is 1.34. The van der Waals surface area contributed by atoms with Gasteiger partial charge in [-0.2, -0.15) is 0 Å². The molecule has 1 aliphatic heterocycles. The van der Waals surface area contributed by atoms with E-state index in [9.17, 15) is 4.79 Å². The van der Waals surface area contributed by atoms with Gasteiger partial charge in [0.15, 0.2) is 0 Å². The van der Waals surface area contributed by atoms with Crippen molar-refractivity contribution in [1.82, 2.24) is 14.9 Å². The van der Waals surface area contributed by atoms with E-state index in [4.69, 9.17) is 32.7 Å². The van der Waals surface area contributed by atoms with Crippen molar-refractivity contribution < 1.29 is 14.3 Å². The van der Waals surface area contributed by atoms with E-state index in [1.54, 1.807) is 19.2 Å². The number of aromatic nitrogens is 2. The minimum Gasteiger partial charge on any atom is -0.495 e. The summed E-state index contributed by atoms with van der Waals surface area (Å²) in [6.45, 7) is 10.9. The van der Waals surface area contributed by atoms with Crippen LogP contribution >= 0.6 is 23.2 Å². The largest absolute Gasteiger partial charge is 0.495 e. The van der Waals surface area contributed by atoms with Gasteiger partial charge in [-0.1, -0.05) is 36.2 Å². The molecule has 11 nitrogen and oxygen atoms in total. The van der Waals surface area contributed by atoms with E-state index >= 15 is 0 Å². The standard InChI is InChI=1S/C31H38Cl2N8O3/c1-6-12-34-22-15-20(40-13-14-41(7-2)31(18-40)10-11-31)8-9-21(22)37-25-17-26(36-19-35-25)39(3)30(42)38-29-27(32)23(43-4)16-24(44-5)28(29)33/h6,8-9,15-17,19,34H,1,7,10-14,18H2,2-5H3,(H,38,42)(H,35,36,37). The van der Waals surface area contributed by atoms with Crippen molar-refractivity contribution in [2.45, 2.75) is 25.3 Å². The molecule has 13 heteroatoms. The fourth-order valence-electron chi connectivity index (χ4n) is 5.54. The van der Waals surface area contributed by atoms with Crippen molar-refractivity contribution >= 4 is 63.6 Å². The first kappa shape index (κ1) is 31.5. The molecule has 2 heterocycles. The Morgan fingerprint density at radius 2 is 1.82 bits per heavy atom. The summed E-state index contributed by atoms with van der Waals surface area (Å²) in [4.78, 5) is 28.4. The van der Waals surface area contributed by atoms with Crippen molar-refractivity contribution in [3.05, 3.63) is 59.4 Å². The van der Waals surface area contributed by atoms with E-state index < -0.39 is 6.03 Å². The molecule has 234 valence electrons. The number of amides is 2. The van der Waals surface area contributed by atoms with Crippen molar-refractivity contribution in [1.29, 1.82) is 0 Å². The molecule has 2 amide bonds. The van der Waals surface area contributed by atoms with Gasteiger partial charge in [-0.05, 0) is 37.6 Å². The third-order valence-electron chi connectivity index (χ3n) is 8.18. The number of benzene rings is 2. The molecule has 3 aromatic rings. The van der Waals surface area contributed by atoms with Gasteiger partial charge in [0, 0.05) is 56.6 Å². The van der Waals surface area contributed by atoms with E-state index in [1.807, 2.05) is 12.1 Å². The summed E-state index contributed by atoms with van der Waals surface area (Å²) < 4.78 is 10.6. The quantitative estimate of drug-likeness (QED) is 0.203. The van der Waals surface area contributed by atoms with Crippen LogP contribution in [0.2, 0.25) is 10.0 Å². The van der Waals surface area contributed by atoms with Gasteiger partial charge in [-0.15, -0.1) is 6.58 Å². The predicted molar refractivity (Wildman–Crippen MR) is 179 cm³/mol. The van der Waals surface area contributed by atoms with Crippen molar-refractivity contribution in [2.24, 2.45) is 0 Å². The van der Waals surface area contributed by atoms with Gasteiger partial charge in [0.05, 0.1) is 31.3 Å². The lowest BCUT2D eigenvalue weighted by atomic mass is 10.1. The Bertz CT molecular complexity index is 1510. The molecule has 0 atom stereocenters. The fourth-order valence-corrected chi connectivity index (χ4v) is 6.13. The van der Waals surface area contributed by atoms with Crippen LogP contribution in [0.3, 0.4) is 0 Å². The zero-order valence-electron chi connectivity index (χ0n) is 25.4. The molecule has 0 bridgehead atoms. The molecule has 5 rings (SSSR count). The number of rotatable bonds is 11. The number of likely N-dealkylation sites (N-methyl/N-ethyl adjacent to an activating group) is 1. The number of urea groups is 1. The molecule has 44 heavy (non-hydrogen) atoms. The highest BCUT2D eigenvalue weighted by Gasteiger charge is 2.50. The second-order valence-electron chi connectivity index (χ2n) is 10.8. The van der Waals surface area contributed by atoms with E-state index in [0.29, 0.717) is 35.2 Å². The maximum Gasteiger partial charge on any atom is 0.327 e. The van der Waals surface area contributed by atoms with Crippen molar-refractivity contribution in [3.63, 3.8) is 0 Å². The average Bonchev–Trinajstić information content (AvgIpc) is 3.81. The molecule has 0 unspecified atom stereocenters. The lowest BCUT2D eigenvalue weighted by molar-refractivity contribution is 0.167. The molecule has 3 N–H and O–H groups in total. The average molecular weight is 642 g/mol. The molecule has 1 aliphatic carbocycles. The van der Waals surface area contributed by atoms with Gasteiger partial charge in [0.2, 0.25) is 0 Å². The summed E-state index contributed by atoms with van der Waals surface area (Å²) in [5.41, 5.74) is 3.42. The summed E-state index contributed by atoms with van der Waals surface area (Å²) in [5.74, 6) is 1.47. The SMILES string of the molecule is C=CCNc1cc(N2CCN(CC)C3(CC3)C2)ccc1Nc1cc(N(C)C(=O)Nc2c(Cl)c(OC)cc(OC)c2Cl)ncn1. The van der Waals surface area contributed by atoms with Crippen LogP contribution in [-0.2, 0) is 0 Å². The van der Waals surface area contributed by atoms with Crippen LogP contribution in [-0.4, -0.2) is 80.4 Å². The van der Waals surface area contributed by atoms with Crippen LogP contribution in [0.15, 0.2) is 49.3 Å². The first-order valence-corrected chi connectivity index (χ1v) is 15.2.